The summed E-state index contributed by atoms with van der Waals surface area (Å²) >= 11 is 0. The summed E-state index contributed by atoms with van der Waals surface area (Å²) in [5, 5.41) is 6.60. The largest absolute Gasteiger partial charge is 0.320 e. The summed E-state index contributed by atoms with van der Waals surface area (Å²) in [5.74, 6) is 0. The lowest BCUT2D eigenvalue weighted by Crippen LogP contribution is -2.20. The fourth-order valence-corrected chi connectivity index (χ4v) is 1.63. The molecule has 0 atom stereocenters. The van der Waals surface area contributed by atoms with E-state index >= 15 is 0 Å². The molecule has 80 valence electrons. The molecular weight excluding hydrogens is 172 g/mol. The Morgan fingerprint density at radius 1 is 1.21 bits per heavy atom. The molecule has 1 rings (SSSR count). The van der Waals surface area contributed by atoms with Crippen LogP contribution >= 0.6 is 0 Å². The molecule has 0 aromatic carbocycles. The molecule has 0 spiro atoms. The molecule has 1 aliphatic rings. The Morgan fingerprint density at radius 2 is 2.07 bits per heavy atom. The molecular formula is C12H22N2. The molecule has 0 amide bonds. The summed E-state index contributed by atoms with van der Waals surface area (Å²) in [6.07, 6.45) is 11.6. The molecule has 0 heterocycles. The normalized spacial score (nSPS) is 14.8. The van der Waals surface area contributed by atoms with E-state index in [1.54, 1.807) is 5.57 Å². The number of allylic oxidation sites excluding steroid dienone is 4. The molecule has 0 aromatic rings. The minimum absolute atomic E-state index is 1.11. The third-order valence-corrected chi connectivity index (χ3v) is 2.48. The lowest BCUT2D eigenvalue weighted by Gasteiger charge is -2.04. The summed E-state index contributed by atoms with van der Waals surface area (Å²) in [5.41, 5.74) is 1.59. The van der Waals surface area contributed by atoms with Gasteiger partial charge in [0, 0.05) is 0 Å². The van der Waals surface area contributed by atoms with E-state index in [2.05, 4.69) is 28.9 Å². The first-order valence-corrected chi connectivity index (χ1v) is 5.63. The van der Waals surface area contributed by atoms with E-state index in [1.165, 1.54) is 25.7 Å². The van der Waals surface area contributed by atoms with Crippen LogP contribution in [0.15, 0.2) is 23.8 Å². The van der Waals surface area contributed by atoms with Gasteiger partial charge in [0.2, 0.25) is 0 Å². The van der Waals surface area contributed by atoms with Crippen molar-refractivity contribution in [2.75, 3.05) is 26.7 Å². The highest BCUT2D eigenvalue weighted by Gasteiger charge is 1.98. The molecule has 0 saturated carbocycles. The second-order valence-electron chi connectivity index (χ2n) is 3.77. The van der Waals surface area contributed by atoms with Gasteiger partial charge in [-0.1, -0.05) is 23.8 Å². The minimum atomic E-state index is 1.11. The van der Waals surface area contributed by atoms with Crippen LogP contribution in [0, 0.1) is 0 Å². The van der Waals surface area contributed by atoms with Crippen LogP contribution < -0.4 is 10.6 Å². The Hall–Kier alpha value is -0.600. The molecule has 1 aliphatic carbocycles. The summed E-state index contributed by atoms with van der Waals surface area (Å²) in [4.78, 5) is 0. The van der Waals surface area contributed by atoms with E-state index in [0.717, 1.165) is 19.6 Å². The van der Waals surface area contributed by atoms with Gasteiger partial charge in [-0.15, -0.1) is 0 Å². The molecule has 2 N–H and O–H groups in total. The fourth-order valence-electron chi connectivity index (χ4n) is 1.63. The van der Waals surface area contributed by atoms with Gasteiger partial charge < -0.3 is 10.6 Å². The smallest absolute Gasteiger partial charge is 0.00368 e. The number of hydrogen-bond acceptors (Lipinski definition) is 2. The number of hydrogen-bond donors (Lipinski definition) is 2. The highest BCUT2D eigenvalue weighted by molar-refractivity contribution is 5.22. The first kappa shape index (κ1) is 11.5. The summed E-state index contributed by atoms with van der Waals surface area (Å²) in [7, 11) is 2.00. The van der Waals surface area contributed by atoms with Gasteiger partial charge in [0.05, 0.1) is 0 Å². The average molecular weight is 194 g/mol. The second-order valence-corrected chi connectivity index (χ2v) is 3.77. The highest BCUT2D eigenvalue weighted by Crippen LogP contribution is 2.15. The van der Waals surface area contributed by atoms with Crippen LogP contribution in [0.4, 0.5) is 0 Å². The summed E-state index contributed by atoms with van der Waals surface area (Å²) in [6, 6.07) is 0. The van der Waals surface area contributed by atoms with E-state index in [-0.39, 0.29) is 0 Å². The molecule has 0 radical (unpaired) electrons. The standard InChI is InChI=1S/C12H22N2/c1-13-9-5-11-14-10-4-8-12-6-2-3-7-12/h2-3,6,13-14H,4-5,7-11H2,1H3. The van der Waals surface area contributed by atoms with E-state index in [9.17, 15) is 0 Å². The Morgan fingerprint density at radius 3 is 2.79 bits per heavy atom. The quantitative estimate of drug-likeness (QED) is 0.576. The molecule has 2 heteroatoms. The SMILES string of the molecule is CNCCCNCCCC1=CC=CC1. The van der Waals surface area contributed by atoms with Crippen molar-refractivity contribution < 1.29 is 0 Å². The van der Waals surface area contributed by atoms with Gasteiger partial charge in [0.25, 0.3) is 0 Å². The van der Waals surface area contributed by atoms with Crippen molar-refractivity contribution in [2.45, 2.75) is 25.7 Å². The topological polar surface area (TPSA) is 24.1 Å². The lowest BCUT2D eigenvalue weighted by molar-refractivity contribution is 0.604. The van der Waals surface area contributed by atoms with Crippen molar-refractivity contribution in [1.82, 2.24) is 10.6 Å². The Kier molecular flexibility index (Phi) is 6.37. The van der Waals surface area contributed by atoms with Crippen LogP contribution in [0.5, 0.6) is 0 Å². The molecule has 0 aliphatic heterocycles. The van der Waals surface area contributed by atoms with Crippen LogP contribution in [0.3, 0.4) is 0 Å². The third kappa shape index (κ3) is 5.20. The van der Waals surface area contributed by atoms with Crippen LogP contribution in [0.25, 0.3) is 0 Å². The van der Waals surface area contributed by atoms with Crippen molar-refractivity contribution in [3.05, 3.63) is 23.8 Å². The zero-order valence-electron chi connectivity index (χ0n) is 9.18. The monoisotopic (exact) mass is 194 g/mol. The van der Waals surface area contributed by atoms with Gasteiger partial charge in [-0.3, -0.25) is 0 Å². The predicted molar refractivity (Wildman–Crippen MR) is 62.5 cm³/mol. The second kappa shape index (κ2) is 7.77. The van der Waals surface area contributed by atoms with Crippen molar-refractivity contribution in [2.24, 2.45) is 0 Å². The van der Waals surface area contributed by atoms with Gasteiger partial charge in [-0.25, -0.2) is 0 Å². The van der Waals surface area contributed by atoms with Gasteiger partial charge in [-0.2, -0.15) is 0 Å². The van der Waals surface area contributed by atoms with Crippen molar-refractivity contribution in [3.63, 3.8) is 0 Å². The molecule has 0 unspecified atom stereocenters. The Bertz CT molecular complexity index is 194. The van der Waals surface area contributed by atoms with Gasteiger partial charge in [0.1, 0.15) is 0 Å². The molecule has 0 saturated heterocycles. The molecule has 0 aromatic heterocycles. The maximum atomic E-state index is 3.46. The van der Waals surface area contributed by atoms with Crippen molar-refractivity contribution in [1.29, 1.82) is 0 Å². The maximum Gasteiger partial charge on any atom is -0.00368 e. The summed E-state index contributed by atoms with van der Waals surface area (Å²) < 4.78 is 0. The molecule has 0 fully saturated rings. The predicted octanol–water partition coefficient (Wildman–Crippen LogP) is 1.85. The molecule has 0 bridgehead atoms. The van der Waals surface area contributed by atoms with Gasteiger partial charge in [0.15, 0.2) is 0 Å². The first-order chi connectivity index (χ1) is 6.93. The van der Waals surface area contributed by atoms with Crippen LogP contribution in [-0.2, 0) is 0 Å². The Labute approximate surface area is 87.5 Å². The lowest BCUT2D eigenvalue weighted by atomic mass is 10.1. The van der Waals surface area contributed by atoms with Crippen LogP contribution in [0.1, 0.15) is 25.7 Å². The highest BCUT2D eigenvalue weighted by atomic mass is 14.9. The van der Waals surface area contributed by atoms with Crippen molar-refractivity contribution in [3.8, 4) is 0 Å². The number of rotatable bonds is 8. The van der Waals surface area contributed by atoms with E-state index in [4.69, 9.17) is 0 Å². The fraction of sp³-hybridized carbons (Fsp3) is 0.667. The number of nitrogens with one attached hydrogen (secondary N) is 2. The Balaban J connectivity index is 1.80. The van der Waals surface area contributed by atoms with Crippen LogP contribution in [-0.4, -0.2) is 26.7 Å². The van der Waals surface area contributed by atoms with Crippen molar-refractivity contribution >= 4 is 0 Å². The summed E-state index contributed by atoms with van der Waals surface area (Å²) in [6.45, 7) is 3.40. The molecule has 2 nitrogen and oxygen atoms in total. The molecule has 14 heavy (non-hydrogen) atoms. The zero-order valence-corrected chi connectivity index (χ0v) is 9.18. The van der Waals surface area contributed by atoms with E-state index in [0.29, 0.717) is 0 Å². The minimum Gasteiger partial charge on any atom is -0.320 e. The van der Waals surface area contributed by atoms with E-state index in [1.807, 2.05) is 7.05 Å². The van der Waals surface area contributed by atoms with Gasteiger partial charge >= 0.3 is 0 Å². The van der Waals surface area contributed by atoms with E-state index < -0.39 is 0 Å². The zero-order chi connectivity index (χ0) is 10.1. The maximum absolute atomic E-state index is 3.46. The van der Waals surface area contributed by atoms with Crippen LogP contribution in [0.2, 0.25) is 0 Å². The first-order valence-electron chi connectivity index (χ1n) is 5.63. The van der Waals surface area contributed by atoms with Gasteiger partial charge in [-0.05, 0) is 52.4 Å². The average Bonchev–Trinajstić information content (AvgIpc) is 2.69. The third-order valence-electron chi connectivity index (χ3n) is 2.48.